The monoisotopic (exact) mass is 356 g/mol. The maximum atomic E-state index is 12.8. The van der Waals surface area contributed by atoms with Crippen molar-refractivity contribution in [2.45, 2.75) is 32.2 Å². The van der Waals surface area contributed by atoms with E-state index in [1.807, 2.05) is 6.92 Å². The lowest BCUT2D eigenvalue weighted by Gasteiger charge is -2.24. The Balaban J connectivity index is 1.79. The van der Waals surface area contributed by atoms with Crippen LogP contribution in [0.3, 0.4) is 0 Å². The molecule has 26 heavy (non-hydrogen) atoms. The minimum atomic E-state index is -0.912. The van der Waals surface area contributed by atoms with Gasteiger partial charge in [0, 0.05) is 23.8 Å². The van der Waals surface area contributed by atoms with Gasteiger partial charge in [-0.05, 0) is 49.6 Å². The molecule has 0 spiro atoms. The quantitative estimate of drug-likeness (QED) is 0.858. The van der Waals surface area contributed by atoms with Crippen molar-refractivity contribution in [1.82, 2.24) is 4.90 Å². The number of aryl methyl sites for hydroxylation is 1. The molecule has 1 fully saturated rings. The summed E-state index contributed by atoms with van der Waals surface area (Å²) in [5.74, 6) is -1.35. The number of carbonyl (C=O) groups is 3. The van der Waals surface area contributed by atoms with Gasteiger partial charge in [-0.1, -0.05) is 6.07 Å². The standard InChI is InChI=1S/C19H20N2O5/c1-12-6-7-13(10-15(12)20-18(24)16-5-3-9-26-16)19(25)21-8-2-4-14(21)11-17(22)23/h3,5-7,9-10,14H,2,4,8,11H2,1H3,(H,20,24)(H,22,23). The van der Waals surface area contributed by atoms with Gasteiger partial charge in [0.1, 0.15) is 0 Å². The van der Waals surface area contributed by atoms with Crippen molar-refractivity contribution in [1.29, 1.82) is 0 Å². The van der Waals surface area contributed by atoms with Crippen LogP contribution in [0.5, 0.6) is 0 Å². The molecule has 0 radical (unpaired) electrons. The summed E-state index contributed by atoms with van der Waals surface area (Å²) >= 11 is 0. The molecule has 136 valence electrons. The van der Waals surface area contributed by atoms with Crippen LogP contribution in [-0.2, 0) is 4.79 Å². The molecular formula is C19H20N2O5. The number of rotatable bonds is 5. The lowest BCUT2D eigenvalue weighted by Crippen LogP contribution is -2.36. The molecule has 1 aliphatic rings. The van der Waals surface area contributed by atoms with Crippen LogP contribution < -0.4 is 5.32 Å². The topological polar surface area (TPSA) is 99.9 Å². The van der Waals surface area contributed by atoms with Gasteiger partial charge < -0.3 is 19.7 Å². The zero-order chi connectivity index (χ0) is 18.7. The first-order chi connectivity index (χ1) is 12.5. The largest absolute Gasteiger partial charge is 0.481 e. The molecule has 2 aromatic rings. The third kappa shape index (κ3) is 3.77. The average molecular weight is 356 g/mol. The number of carboxylic acids is 1. The average Bonchev–Trinajstić information content (AvgIpc) is 3.27. The Morgan fingerprint density at radius 1 is 1.31 bits per heavy atom. The Morgan fingerprint density at radius 3 is 2.81 bits per heavy atom. The lowest BCUT2D eigenvalue weighted by molar-refractivity contribution is -0.137. The number of furan rings is 1. The maximum absolute atomic E-state index is 12.8. The summed E-state index contributed by atoms with van der Waals surface area (Å²) in [6.07, 6.45) is 2.83. The van der Waals surface area contributed by atoms with Crippen molar-refractivity contribution < 1.29 is 23.9 Å². The van der Waals surface area contributed by atoms with Crippen LogP contribution in [0, 0.1) is 6.92 Å². The van der Waals surface area contributed by atoms with Gasteiger partial charge in [-0.2, -0.15) is 0 Å². The van der Waals surface area contributed by atoms with Crippen molar-refractivity contribution >= 4 is 23.5 Å². The van der Waals surface area contributed by atoms with E-state index >= 15 is 0 Å². The van der Waals surface area contributed by atoms with Crippen LogP contribution in [-0.4, -0.2) is 40.4 Å². The highest BCUT2D eigenvalue weighted by Crippen LogP contribution is 2.25. The summed E-state index contributed by atoms with van der Waals surface area (Å²) in [6.45, 7) is 2.37. The van der Waals surface area contributed by atoms with Crippen LogP contribution in [0.2, 0.25) is 0 Å². The van der Waals surface area contributed by atoms with E-state index in [0.717, 1.165) is 12.0 Å². The molecular weight excluding hydrogens is 336 g/mol. The number of hydrogen-bond acceptors (Lipinski definition) is 4. The van der Waals surface area contributed by atoms with Gasteiger partial charge in [-0.25, -0.2) is 0 Å². The van der Waals surface area contributed by atoms with E-state index in [0.29, 0.717) is 24.2 Å². The number of benzene rings is 1. The second-order valence-electron chi connectivity index (χ2n) is 6.35. The molecule has 1 aromatic carbocycles. The van der Waals surface area contributed by atoms with Gasteiger partial charge in [-0.3, -0.25) is 14.4 Å². The molecule has 1 aromatic heterocycles. The van der Waals surface area contributed by atoms with Crippen LogP contribution in [0.25, 0.3) is 0 Å². The molecule has 0 bridgehead atoms. The zero-order valence-corrected chi connectivity index (χ0v) is 14.4. The van der Waals surface area contributed by atoms with Gasteiger partial charge in [-0.15, -0.1) is 0 Å². The number of likely N-dealkylation sites (tertiary alicyclic amines) is 1. The molecule has 1 aliphatic heterocycles. The molecule has 2 N–H and O–H groups in total. The fourth-order valence-electron chi connectivity index (χ4n) is 3.16. The molecule has 7 nitrogen and oxygen atoms in total. The number of aliphatic carboxylic acids is 1. The van der Waals surface area contributed by atoms with Gasteiger partial charge >= 0.3 is 5.97 Å². The second-order valence-corrected chi connectivity index (χ2v) is 6.35. The minimum absolute atomic E-state index is 0.0559. The molecule has 2 amide bonds. The van der Waals surface area contributed by atoms with Crippen LogP contribution in [0.15, 0.2) is 41.0 Å². The second kappa shape index (κ2) is 7.43. The first kappa shape index (κ1) is 17.7. The summed E-state index contributed by atoms with van der Waals surface area (Å²) in [5, 5.41) is 11.8. The zero-order valence-electron chi connectivity index (χ0n) is 14.4. The van der Waals surface area contributed by atoms with Crippen molar-refractivity contribution in [2.24, 2.45) is 0 Å². The van der Waals surface area contributed by atoms with Crippen molar-refractivity contribution in [3.63, 3.8) is 0 Å². The number of amides is 2. The van der Waals surface area contributed by atoms with Gasteiger partial charge in [0.25, 0.3) is 11.8 Å². The predicted octanol–water partition coefficient (Wildman–Crippen LogP) is 2.92. The highest BCUT2D eigenvalue weighted by molar-refractivity contribution is 6.04. The molecule has 1 atom stereocenters. The van der Waals surface area contributed by atoms with Crippen molar-refractivity contribution in [2.75, 3.05) is 11.9 Å². The molecule has 2 heterocycles. The van der Waals surface area contributed by atoms with E-state index in [1.54, 1.807) is 35.2 Å². The Bertz CT molecular complexity index is 828. The highest BCUT2D eigenvalue weighted by atomic mass is 16.4. The molecule has 7 heteroatoms. The number of nitrogens with one attached hydrogen (secondary N) is 1. The summed E-state index contributed by atoms with van der Waals surface area (Å²) in [4.78, 5) is 37.6. The van der Waals surface area contributed by atoms with Crippen molar-refractivity contribution in [3.05, 3.63) is 53.5 Å². The molecule has 3 rings (SSSR count). The number of carbonyl (C=O) groups excluding carboxylic acids is 2. The maximum Gasteiger partial charge on any atom is 0.305 e. The fourth-order valence-corrected chi connectivity index (χ4v) is 3.16. The van der Waals surface area contributed by atoms with Gasteiger partial charge in [0.05, 0.1) is 12.7 Å². The van der Waals surface area contributed by atoms with Crippen LogP contribution >= 0.6 is 0 Å². The van der Waals surface area contributed by atoms with Gasteiger partial charge in [0.15, 0.2) is 5.76 Å². The Hall–Kier alpha value is -3.09. The Morgan fingerprint density at radius 2 is 2.12 bits per heavy atom. The van der Waals surface area contributed by atoms with E-state index in [1.165, 1.54) is 6.26 Å². The van der Waals surface area contributed by atoms with E-state index in [-0.39, 0.29) is 24.1 Å². The third-order valence-electron chi connectivity index (χ3n) is 4.53. The minimum Gasteiger partial charge on any atom is -0.481 e. The first-order valence-electron chi connectivity index (χ1n) is 8.44. The lowest BCUT2D eigenvalue weighted by atomic mass is 10.1. The van der Waals surface area contributed by atoms with Crippen LogP contribution in [0.1, 0.15) is 45.7 Å². The summed E-state index contributed by atoms with van der Waals surface area (Å²) in [5.41, 5.74) is 1.75. The summed E-state index contributed by atoms with van der Waals surface area (Å²) < 4.78 is 5.07. The first-order valence-corrected chi connectivity index (χ1v) is 8.44. The van der Waals surface area contributed by atoms with E-state index in [2.05, 4.69) is 5.32 Å². The third-order valence-corrected chi connectivity index (χ3v) is 4.53. The SMILES string of the molecule is Cc1ccc(C(=O)N2CCCC2CC(=O)O)cc1NC(=O)c1ccco1. The van der Waals surface area contributed by atoms with Crippen molar-refractivity contribution in [3.8, 4) is 0 Å². The van der Waals surface area contributed by atoms with E-state index in [4.69, 9.17) is 9.52 Å². The number of carboxylic acid groups (broad SMARTS) is 1. The smallest absolute Gasteiger partial charge is 0.305 e. The number of anilines is 1. The van der Waals surface area contributed by atoms with E-state index < -0.39 is 11.9 Å². The number of hydrogen-bond donors (Lipinski definition) is 2. The number of nitrogens with zero attached hydrogens (tertiary/aromatic N) is 1. The van der Waals surface area contributed by atoms with Crippen LogP contribution in [0.4, 0.5) is 5.69 Å². The molecule has 0 aliphatic carbocycles. The summed E-state index contributed by atoms with van der Waals surface area (Å²) in [6, 6.07) is 7.96. The molecule has 0 saturated carbocycles. The Kier molecular flexibility index (Phi) is 5.06. The Labute approximate surface area is 150 Å². The van der Waals surface area contributed by atoms with E-state index in [9.17, 15) is 14.4 Å². The fraction of sp³-hybridized carbons (Fsp3) is 0.316. The summed E-state index contributed by atoms with van der Waals surface area (Å²) in [7, 11) is 0. The molecule has 1 unspecified atom stereocenters. The highest BCUT2D eigenvalue weighted by Gasteiger charge is 2.31. The van der Waals surface area contributed by atoms with Gasteiger partial charge in [0.2, 0.25) is 0 Å². The molecule has 1 saturated heterocycles. The predicted molar refractivity (Wildman–Crippen MR) is 94.2 cm³/mol. The normalized spacial score (nSPS) is 16.5.